The van der Waals surface area contributed by atoms with E-state index in [-0.39, 0.29) is 12.0 Å². The van der Waals surface area contributed by atoms with E-state index in [4.69, 9.17) is 4.74 Å². The molecule has 6 heteroatoms. The highest BCUT2D eigenvalue weighted by molar-refractivity contribution is 9.11. The minimum atomic E-state index is 0.0600. The van der Waals surface area contributed by atoms with Crippen LogP contribution < -0.4 is 4.74 Å². The summed E-state index contributed by atoms with van der Waals surface area (Å²) in [6, 6.07) is 7.43. The van der Waals surface area contributed by atoms with Crippen LogP contribution in [0.25, 0.3) is 0 Å². The highest BCUT2D eigenvalue weighted by atomic mass is 79.9. The highest BCUT2D eigenvalue weighted by Crippen LogP contribution is 2.25. The van der Waals surface area contributed by atoms with E-state index in [2.05, 4.69) is 20.9 Å². The summed E-state index contributed by atoms with van der Waals surface area (Å²) >= 11 is 4.85. The maximum atomic E-state index is 12.3. The van der Waals surface area contributed by atoms with E-state index in [9.17, 15) is 4.79 Å². The van der Waals surface area contributed by atoms with Crippen molar-refractivity contribution in [2.45, 2.75) is 12.5 Å². The topological polar surface area (TPSA) is 42.4 Å². The lowest BCUT2D eigenvalue weighted by molar-refractivity contribution is 0.0777. The fraction of sp³-hybridized carbons (Fsp3) is 0.286. The average molecular weight is 353 g/mol. The van der Waals surface area contributed by atoms with Gasteiger partial charge in [-0.1, -0.05) is 0 Å². The number of hydrogen-bond donors (Lipinski definition) is 0. The maximum absolute atomic E-state index is 12.3. The predicted molar refractivity (Wildman–Crippen MR) is 81.2 cm³/mol. The Morgan fingerprint density at radius 3 is 2.85 bits per heavy atom. The lowest BCUT2D eigenvalue weighted by atomic mass is 10.3. The minimum Gasteiger partial charge on any atom is -0.488 e. The lowest BCUT2D eigenvalue weighted by Crippen LogP contribution is -2.30. The summed E-state index contributed by atoms with van der Waals surface area (Å²) in [5.74, 6) is 0.889. The molecule has 3 rings (SSSR count). The second kappa shape index (κ2) is 5.93. The Hall–Kier alpha value is -1.40. The van der Waals surface area contributed by atoms with Crippen LogP contribution in [0.3, 0.4) is 0 Å². The average Bonchev–Trinajstić information content (AvgIpc) is 3.08. The number of ether oxygens (including phenoxy) is 1. The van der Waals surface area contributed by atoms with Gasteiger partial charge in [-0.25, -0.2) is 0 Å². The Bertz CT molecular complexity index is 602. The molecule has 1 aliphatic rings. The van der Waals surface area contributed by atoms with Crippen molar-refractivity contribution in [2.24, 2.45) is 0 Å². The van der Waals surface area contributed by atoms with E-state index in [1.807, 2.05) is 29.2 Å². The van der Waals surface area contributed by atoms with Crippen molar-refractivity contribution in [1.82, 2.24) is 9.88 Å². The number of carbonyl (C=O) groups is 1. The van der Waals surface area contributed by atoms with Crippen molar-refractivity contribution in [3.63, 3.8) is 0 Å². The van der Waals surface area contributed by atoms with Gasteiger partial charge in [0, 0.05) is 25.4 Å². The summed E-state index contributed by atoms with van der Waals surface area (Å²) in [6.07, 6.45) is 4.33. The zero-order valence-corrected chi connectivity index (χ0v) is 13.1. The highest BCUT2D eigenvalue weighted by Gasteiger charge is 2.28. The summed E-state index contributed by atoms with van der Waals surface area (Å²) in [7, 11) is 0. The summed E-state index contributed by atoms with van der Waals surface area (Å²) < 4.78 is 6.83. The van der Waals surface area contributed by atoms with E-state index in [1.165, 1.54) is 11.3 Å². The lowest BCUT2D eigenvalue weighted by Gasteiger charge is -2.16. The smallest absolute Gasteiger partial charge is 0.264 e. The summed E-state index contributed by atoms with van der Waals surface area (Å²) in [4.78, 5) is 18.9. The third-order valence-corrected chi connectivity index (χ3v) is 4.78. The molecule has 0 aromatic carbocycles. The number of amides is 1. The SMILES string of the molecule is O=C(c1ccc(Br)s1)N1CCC(Oc2ccncc2)C1. The van der Waals surface area contributed by atoms with Crippen LogP contribution in [0.4, 0.5) is 0 Å². The van der Waals surface area contributed by atoms with E-state index in [0.717, 1.165) is 27.4 Å². The van der Waals surface area contributed by atoms with E-state index in [1.54, 1.807) is 12.4 Å². The Kier molecular flexibility index (Phi) is 4.03. The fourth-order valence-electron chi connectivity index (χ4n) is 2.20. The molecule has 1 amide bonds. The molecule has 3 heterocycles. The monoisotopic (exact) mass is 352 g/mol. The molecule has 0 bridgehead atoms. The largest absolute Gasteiger partial charge is 0.488 e. The quantitative estimate of drug-likeness (QED) is 0.851. The summed E-state index contributed by atoms with van der Waals surface area (Å²) in [5.41, 5.74) is 0. The summed E-state index contributed by atoms with van der Waals surface area (Å²) in [5, 5.41) is 0. The number of halogens is 1. The van der Waals surface area contributed by atoms with Crippen LogP contribution in [0.2, 0.25) is 0 Å². The van der Waals surface area contributed by atoms with Gasteiger partial charge in [0.15, 0.2) is 0 Å². The van der Waals surface area contributed by atoms with Gasteiger partial charge in [-0.2, -0.15) is 0 Å². The van der Waals surface area contributed by atoms with Crippen LogP contribution in [-0.2, 0) is 0 Å². The van der Waals surface area contributed by atoms with Crippen LogP contribution in [-0.4, -0.2) is 35.0 Å². The van der Waals surface area contributed by atoms with Crippen molar-refractivity contribution >= 4 is 33.2 Å². The molecule has 0 aliphatic carbocycles. The molecule has 0 radical (unpaired) electrons. The number of likely N-dealkylation sites (tertiary alicyclic amines) is 1. The fourth-order valence-corrected chi connectivity index (χ4v) is 3.56. The molecule has 2 aromatic rings. The number of aromatic nitrogens is 1. The van der Waals surface area contributed by atoms with Crippen molar-refractivity contribution in [3.05, 3.63) is 45.3 Å². The van der Waals surface area contributed by atoms with E-state index in [0.29, 0.717) is 6.54 Å². The van der Waals surface area contributed by atoms with Crippen molar-refractivity contribution in [3.8, 4) is 5.75 Å². The van der Waals surface area contributed by atoms with Gasteiger partial charge in [-0.3, -0.25) is 9.78 Å². The van der Waals surface area contributed by atoms with Crippen LogP contribution in [0.1, 0.15) is 16.1 Å². The maximum Gasteiger partial charge on any atom is 0.264 e. The van der Waals surface area contributed by atoms with E-state index < -0.39 is 0 Å². The Morgan fingerprint density at radius 1 is 1.35 bits per heavy atom. The molecule has 4 nitrogen and oxygen atoms in total. The molecular formula is C14H13BrN2O2S. The van der Waals surface area contributed by atoms with Crippen molar-refractivity contribution < 1.29 is 9.53 Å². The zero-order valence-electron chi connectivity index (χ0n) is 10.7. The van der Waals surface area contributed by atoms with Gasteiger partial charge in [0.2, 0.25) is 0 Å². The van der Waals surface area contributed by atoms with Gasteiger partial charge in [0.1, 0.15) is 11.9 Å². The first-order valence-electron chi connectivity index (χ1n) is 6.33. The van der Waals surface area contributed by atoms with Gasteiger partial charge in [0.05, 0.1) is 15.2 Å². The molecule has 20 heavy (non-hydrogen) atoms. The first-order chi connectivity index (χ1) is 9.72. The number of hydrogen-bond acceptors (Lipinski definition) is 4. The van der Waals surface area contributed by atoms with Crippen LogP contribution in [0.5, 0.6) is 5.75 Å². The zero-order chi connectivity index (χ0) is 13.9. The second-order valence-corrected chi connectivity index (χ2v) is 7.03. The molecule has 1 fully saturated rings. The molecule has 1 atom stereocenters. The van der Waals surface area contributed by atoms with E-state index >= 15 is 0 Å². The number of carbonyl (C=O) groups excluding carboxylic acids is 1. The van der Waals surface area contributed by atoms with Crippen molar-refractivity contribution in [1.29, 1.82) is 0 Å². The number of rotatable bonds is 3. The third-order valence-electron chi connectivity index (χ3n) is 3.17. The van der Waals surface area contributed by atoms with Gasteiger partial charge < -0.3 is 9.64 Å². The molecule has 1 aliphatic heterocycles. The standard InChI is InChI=1S/C14H13BrN2O2S/c15-13-2-1-12(20-13)14(18)17-8-5-11(9-17)19-10-3-6-16-7-4-10/h1-4,6-7,11H,5,8-9H2. The van der Waals surface area contributed by atoms with Crippen LogP contribution >= 0.6 is 27.3 Å². The van der Waals surface area contributed by atoms with Crippen LogP contribution in [0, 0.1) is 0 Å². The molecule has 0 spiro atoms. The Morgan fingerprint density at radius 2 is 2.15 bits per heavy atom. The number of nitrogens with zero attached hydrogens (tertiary/aromatic N) is 2. The van der Waals surface area contributed by atoms with Crippen LogP contribution in [0.15, 0.2) is 40.4 Å². The van der Waals surface area contributed by atoms with Gasteiger partial charge in [0.25, 0.3) is 5.91 Å². The number of pyridine rings is 1. The molecule has 2 aromatic heterocycles. The van der Waals surface area contributed by atoms with Gasteiger partial charge >= 0.3 is 0 Å². The second-order valence-electron chi connectivity index (χ2n) is 4.57. The minimum absolute atomic E-state index is 0.0600. The molecular weight excluding hydrogens is 340 g/mol. The third kappa shape index (κ3) is 3.02. The Balaban J connectivity index is 1.61. The van der Waals surface area contributed by atoms with Crippen molar-refractivity contribution in [2.75, 3.05) is 13.1 Å². The number of thiophene rings is 1. The van der Waals surface area contributed by atoms with Gasteiger partial charge in [-0.05, 0) is 40.2 Å². The Labute approximate surface area is 129 Å². The molecule has 1 unspecified atom stereocenters. The van der Waals surface area contributed by atoms with Gasteiger partial charge in [-0.15, -0.1) is 11.3 Å². The predicted octanol–water partition coefficient (Wildman–Crippen LogP) is 3.20. The first kappa shape index (κ1) is 13.6. The molecule has 1 saturated heterocycles. The molecule has 0 saturated carbocycles. The molecule has 104 valence electrons. The molecule has 0 N–H and O–H groups in total. The normalized spacial score (nSPS) is 18.2. The first-order valence-corrected chi connectivity index (χ1v) is 7.94. The summed E-state index contributed by atoms with van der Waals surface area (Å²) in [6.45, 7) is 1.38.